The molecule has 3 nitrogen and oxygen atoms in total. The van der Waals surface area contributed by atoms with Crippen LogP contribution in [0.3, 0.4) is 0 Å². The highest BCUT2D eigenvalue weighted by Crippen LogP contribution is 2.29. The van der Waals surface area contributed by atoms with Crippen molar-refractivity contribution < 1.29 is 0 Å². The Kier molecular flexibility index (Phi) is 4.95. The molecule has 2 heterocycles. The first-order valence-corrected chi connectivity index (χ1v) is 10.0. The van der Waals surface area contributed by atoms with E-state index in [1.54, 1.807) is 6.08 Å². The van der Waals surface area contributed by atoms with Crippen LogP contribution in [0.1, 0.15) is 21.7 Å². The van der Waals surface area contributed by atoms with Crippen LogP contribution in [0.4, 0.5) is 0 Å². The van der Waals surface area contributed by atoms with Crippen molar-refractivity contribution in [2.24, 2.45) is 0 Å². The summed E-state index contributed by atoms with van der Waals surface area (Å²) in [5.41, 5.74) is 6.26. The van der Waals surface area contributed by atoms with Crippen LogP contribution in [0.5, 0.6) is 0 Å². The van der Waals surface area contributed by atoms with Gasteiger partial charge >= 0.3 is 0 Å². The van der Waals surface area contributed by atoms with E-state index in [1.807, 2.05) is 42.6 Å². The van der Waals surface area contributed by atoms with Crippen LogP contribution in [0.15, 0.2) is 53.9 Å². The van der Waals surface area contributed by atoms with Crippen LogP contribution in [-0.4, -0.2) is 9.97 Å². The molecule has 0 atom stereocenters. The minimum Gasteiger partial charge on any atom is -0.235 e. The molecule has 0 bridgehead atoms. The number of pyridine rings is 1. The van der Waals surface area contributed by atoms with Crippen LogP contribution in [0.25, 0.3) is 33.8 Å². The Morgan fingerprint density at radius 2 is 1.79 bits per heavy atom. The summed E-state index contributed by atoms with van der Waals surface area (Å²) >= 11 is 7.81. The summed E-state index contributed by atoms with van der Waals surface area (Å²) < 4.78 is 0. The minimum absolute atomic E-state index is 0.374. The Morgan fingerprint density at radius 3 is 2.54 bits per heavy atom. The number of allylic oxidation sites excluding steroid dienone is 1. The molecule has 0 aliphatic rings. The lowest BCUT2D eigenvalue weighted by Crippen LogP contribution is -1.88. The number of halogens is 1. The predicted octanol–water partition coefficient (Wildman–Crippen LogP) is 6.69. The van der Waals surface area contributed by atoms with Crippen molar-refractivity contribution in [3.05, 3.63) is 80.8 Å². The average Bonchev–Trinajstić information content (AvgIpc) is 3.17. The van der Waals surface area contributed by atoms with Gasteiger partial charge in [-0.3, -0.25) is 0 Å². The van der Waals surface area contributed by atoms with Crippen molar-refractivity contribution in [3.63, 3.8) is 0 Å². The fourth-order valence-corrected chi connectivity index (χ4v) is 3.94. The highest BCUT2D eigenvalue weighted by atomic mass is 35.5. The van der Waals surface area contributed by atoms with E-state index in [4.69, 9.17) is 11.6 Å². The molecule has 0 spiro atoms. The normalized spacial score (nSPS) is 11.6. The number of thiazole rings is 1. The molecule has 0 saturated heterocycles. The smallest absolute Gasteiger partial charge is 0.137 e. The van der Waals surface area contributed by atoms with Gasteiger partial charge in [-0.1, -0.05) is 53.1 Å². The van der Waals surface area contributed by atoms with Gasteiger partial charge in [-0.15, -0.1) is 11.3 Å². The average molecular weight is 402 g/mol. The van der Waals surface area contributed by atoms with E-state index in [2.05, 4.69) is 41.2 Å². The summed E-state index contributed by atoms with van der Waals surface area (Å²) in [6, 6.07) is 18.4. The molecular weight excluding hydrogens is 386 g/mol. The SMILES string of the molecule is Cc1ccc(-c2csc(/C(C#N)=C/c3cc4cc(C)ccc4nc3Cl)n2)cc1. The van der Waals surface area contributed by atoms with Gasteiger partial charge in [0.15, 0.2) is 0 Å². The zero-order valence-corrected chi connectivity index (χ0v) is 17.0. The third kappa shape index (κ3) is 3.68. The zero-order valence-electron chi connectivity index (χ0n) is 15.4. The standard InChI is InChI=1S/C23H16ClN3S/c1-14-3-6-16(7-4-14)21-13-28-23(27-21)19(12-25)11-18-10-17-9-15(2)5-8-20(17)26-22(18)24/h3-11,13H,1-2H3/b19-11+. The number of fused-ring (bicyclic) bond motifs is 1. The second-order valence-corrected chi connectivity index (χ2v) is 7.85. The van der Waals surface area contributed by atoms with Gasteiger partial charge in [0, 0.05) is 21.9 Å². The van der Waals surface area contributed by atoms with Crippen molar-refractivity contribution in [1.82, 2.24) is 9.97 Å². The Hall–Kier alpha value is -3.00. The number of nitriles is 1. The topological polar surface area (TPSA) is 49.6 Å². The summed E-state index contributed by atoms with van der Waals surface area (Å²) in [7, 11) is 0. The number of benzene rings is 2. The molecular formula is C23H16ClN3S. The van der Waals surface area contributed by atoms with Crippen LogP contribution in [-0.2, 0) is 0 Å². The highest BCUT2D eigenvalue weighted by Gasteiger charge is 2.11. The molecule has 0 aliphatic heterocycles. The van der Waals surface area contributed by atoms with Gasteiger partial charge in [0.05, 0.1) is 16.8 Å². The highest BCUT2D eigenvalue weighted by molar-refractivity contribution is 7.11. The molecule has 2 aromatic heterocycles. The fourth-order valence-electron chi connectivity index (χ4n) is 2.94. The Morgan fingerprint density at radius 1 is 1.04 bits per heavy atom. The van der Waals surface area contributed by atoms with Crippen LogP contribution >= 0.6 is 22.9 Å². The van der Waals surface area contributed by atoms with Gasteiger partial charge in [0.2, 0.25) is 0 Å². The van der Waals surface area contributed by atoms with Crippen LogP contribution in [0, 0.1) is 25.2 Å². The molecule has 4 aromatic rings. The monoisotopic (exact) mass is 401 g/mol. The van der Waals surface area contributed by atoms with Crippen LogP contribution in [0.2, 0.25) is 5.15 Å². The van der Waals surface area contributed by atoms with Crippen molar-refractivity contribution in [1.29, 1.82) is 5.26 Å². The number of nitrogens with zero attached hydrogens (tertiary/aromatic N) is 3. The zero-order chi connectivity index (χ0) is 19.7. The van der Waals surface area contributed by atoms with Gasteiger partial charge in [0.1, 0.15) is 16.2 Å². The first kappa shape index (κ1) is 18.4. The maximum Gasteiger partial charge on any atom is 0.137 e. The lowest BCUT2D eigenvalue weighted by molar-refractivity contribution is 1.36. The van der Waals surface area contributed by atoms with E-state index >= 15 is 0 Å². The number of rotatable bonds is 3. The number of aromatic nitrogens is 2. The van der Waals surface area contributed by atoms with Gasteiger partial charge < -0.3 is 0 Å². The van der Waals surface area contributed by atoms with Crippen molar-refractivity contribution in [2.75, 3.05) is 0 Å². The second kappa shape index (κ2) is 7.55. The Bertz CT molecular complexity index is 1250. The molecule has 0 saturated carbocycles. The van der Waals surface area contributed by atoms with E-state index < -0.39 is 0 Å². The lowest BCUT2D eigenvalue weighted by Gasteiger charge is -2.04. The number of hydrogen-bond acceptors (Lipinski definition) is 4. The first-order chi connectivity index (χ1) is 13.5. The predicted molar refractivity (Wildman–Crippen MR) is 117 cm³/mol. The van der Waals surface area contributed by atoms with Gasteiger partial charge in [-0.2, -0.15) is 5.26 Å². The second-order valence-electron chi connectivity index (χ2n) is 6.64. The van der Waals surface area contributed by atoms with E-state index in [0.29, 0.717) is 21.3 Å². The third-order valence-electron chi connectivity index (χ3n) is 4.45. The largest absolute Gasteiger partial charge is 0.235 e. The van der Waals surface area contributed by atoms with Gasteiger partial charge in [-0.25, -0.2) is 9.97 Å². The molecule has 28 heavy (non-hydrogen) atoms. The molecule has 0 fully saturated rings. The van der Waals surface area contributed by atoms with Crippen molar-refractivity contribution in [2.45, 2.75) is 13.8 Å². The Labute approximate surface area is 172 Å². The molecule has 5 heteroatoms. The Balaban J connectivity index is 1.74. The summed E-state index contributed by atoms with van der Waals surface area (Å²) in [6.07, 6.45) is 1.76. The van der Waals surface area contributed by atoms with E-state index in [9.17, 15) is 5.26 Å². The summed E-state index contributed by atoms with van der Waals surface area (Å²) in [6.45, 7) is 4.09. The fraction of sp³-hybridized carbons (Fsp3) is 0.0870. The molecule has 2 aromatic carbocycles. The summed E-state index contributed by atoms with van der Waals surface area (Å²) in [5.74, 6) is 0. The molecule has 4 rings (SSSR count). The summed E-state index contributed by atoms with van der Waals surface area (Å²) in [5, 5.41) is 13.7. The number of aryl methyl sites for hydroxylation is 2. The molecule has 0 amide bonds. The maximum atomic E-state index is 9.69. The van der Waals surface area contributed by atoms with Gasteiger partial charge in [0.25, 0.3) is 0 Å². The van der Waals surface area contributed by atoms with E-state index in [0.717, 1.165) is 27.7 Å². The van der Waals surface area contributed by atoms with Crippen LogP contribution < -0.4 is 0 Å². The van der Waals surface area contributed by atoms with Crippen molar-refractivity contribution >= 4 is 45.5 Å². The first-order valence-electron chi connectivity index (χ1n) is 8.75. The lowest BCUT2D eigenvalue weighted by atomic mass is 10.1. The van der Waals surface area contributed by atoms with Crippen molar-refractivity contribution in [3.8, 4) is 17.3 Å². The molecule has 0 aliphatic carbocycles. The molecule has 0 radical (unpaired) electrons. The molecule has 0 N–H and O–H groups in total. The minimum atomic E-state index is 0.374. The molecule has 136 valence electrons. The summed E-state index contributed by atoms with van der Waals surface area (Å²) in [4.78, 5) is 9.10. The number of hydrogen-bond donors (Lipinski definition) is 0. The van der Waals surface area contributed by atoms with Gasteiger partial charge in [-0.05, 0) is 38.1 Å². The molecule has 0 unspecified atom stereocenters. The maximum absolute atomic E-state index is 9.69. The van der Waals surface area contributed by atoms with E-state index in [1.165, 1.54) is 16.9 Å². The van der Waals surface area contributed by atoms with E-state index in [-0.39, 0.29) is 0 Å². The quantitative estimate of drug-likeness (QED) is 0.283. The third-order valence-corrected chi connectivity index (χ3v) is 5.63.